The summed E-state index contributed by atoms with van der Waals surface area (Å²) in [5.41, 5.74) is 2.29. The number of hydrogen-bond donors (Lipinski definition) is 1. The topological polar surface area (TPSA) is 58.3 Å². The Hall–Kier alpha value is -2.02. The summed E-state index contributed by atoms with van der Waals surface area (Å²) in [6, 6.07) is 7.96. The Morgan fingerprint density at radius 1 is 1.07 bits per heavy atom. The zero-order valence-electron chi connectivity index (χ0n) is 17.7. The highest BCUT2D eigenvalue weighted by atomic mass is 16.5. The first kappa shape index (κ1) is 21.7. The van der Waals surface area contributed by atoms with Crippen LogP contribution in [0.3, 0.4) is 0 Å². The van der Waals surface area contributed by atoms with Crippen molar-refractivity contribution >= 4 is 0 Å². The van der Waals surface area contributed by atoms with Crippen LogP contribution in [0.15, 0.2) is 41.2 Å². The first-order chi connectivity index (χ1) is 14.1. The van der Waals surface area contributed by atoms with Gasteiger partial charge in [-0.1, -0.05) is 18.9 Å². The average Bonchev–Trinajstić information content (AvgIpc) is 3.08. The molecular formula is C23H34N2O4. The normalized spacial score (nSPS) is 16.6. The maximum atomic E-state index is 10.4. The summed E-state index contributed by atoms with van der Waals surface area (Å²) in [7, 11) is 3.72. The molecule has 1 aliphatic rings. The van der Waals surface area contributed by atoms with Crippen LogP contribution >= 0.6 is 0 Å². The second-order valence-electron chi connectivity index (χ2n) is 7.97. The molecule has 1 aromatic carbocycles. The zero-order chi connectivity index (χ0) is 20.5. The summed E-state index contributed by atoms with van der Waals surface area (Å²) in [6.07, 6.45) is 7.99. The molecule has 0 saturated carbocycles. The Morgan fingerprint density at radius 2 is 1.83 bits per heavy atom. The molecule has 29 heavy (non-hydrogen) atoms. The van der Waals surface area contributed by atoms with E-state index in [0.29, 0.717) is 18.0 Å². The first-order valence-corrected chi connectivity index (χ1v) is 10.5. The number of benzene rings is 1. The first-order valence-electron chi connectivity index (χ1n) is 10.5. The highest BCUT2D eigenvalue weighted by Gasteiger charge is 2.15. The van der Waals surface area contributed by atoms with Crippen molar-refractivity contribution in [1.29, 1.82) is 0 Å². The Morgan fingerprint density at radius 3 is 2.52 bits per heavy atom. The third-order valence-electron chi connectivity index (χ3n) is 5.31. The molecule has 1 aromatic heterocycles. The van der Waals surface area contributed by atoms with Crippen molar-refractivity contribution in [3.8, 4) is 11.5 Å². The smallest absolute Gasteiger partial charge is 0.161 e. The van der Waals surface area contributed by atoms with E-state index < -0.39 is 6.10 Å². The van der Waals surface area contributed by atoms with Crippen LogP contribution < -0.4 is 9.47 Å². The summed E-state index contributed by atoms with van der Waals surface area (Å²) in [5.74, 6) is 1.37. The predicted molar refractivity (Wildman–Crippen MR) is 113 cm³/mol. The van der Waals surface area contributed by atoms with Crippen molar-refractivity contribution < 1.29 is 19.0 Å². The number of furan rings is 1. The van der Waals surface area contributed by atoms with Gasteiger partial charge in [-0.25, -0.2) is 0 Å². The molecule has 0 radical (unpaired) electrons. The van der Waals surface area contributed by atoms with Gasteiger partial charge in [0.25, 0.3) is 0 Å². The number of rotatable bonds is 10. The van der Waals surface area contributed by atoms with Crippen molar-refractivity contribution in [3.05, 3.63) is 47.9 Å². The second kappa shape index (κ2) is 11.2. The maximum absolute atomic E-state index is 10.4. The van der Waals surface area contributed by atoms with E-state index in [-0.39, 0.29) is 6.61 Å². The molecule has 1 fully saturated rings. The molecule has 3 rings (SSSR count). The standard InChI is InChI=1S/C23H34N2O4/c1-24(15-20-9-12-28-17-20)14-19-7-8-22(23(13-19)27-2)29-18-21(26)16-25-10-5-3-4-6-11-25/h7-9,12-13,17,21,26H,3-6,10-11,14-16,18H2,1-2H3/t21-/m0/s1. The van der Waals surface area contributed by atoms with Gasteiger partial charge in [-0.05, 0) is 56.7 Å². The van der Waals surface area contributed by atoms with Crippen LogP contribution in [-0.4, -0.2) is 61.4 Å². The van der Waals surface area contributed by atoms with Gasteiger partial charge >= 0.3 is 0 Å². The highest BCUT2D eigenvalue weighted by molar-refractivity contribution is 5.43. The number of likely N-dealkylation sites (tertiary alicyclic amines) is 1. The molecule has 1 aliphatic heterocycles. The Kier molecular flexibility index (Phi) is 8.40. The number of ether oxygens (including phenoxy) is 2. The molecule has 0 unspecified atom stereocenters. The lowest BCUT2D eigenvalue weighted by Crippen LogP contribution is -2.36. The van der Waals surface area contributed by atoms with Gasteiger partial charge in [0.1, 0.15) is 12.7 Å². The molecule has 160 valence electrons. The van der Waals surface area contributed by atoms with E-state index in [0.717, 1.165) is 37.3 Å². The van der Waals surface area contributed by atoms with Crippen LogP contribution in [0.5, 0.6) is 11.5 Å². The van der Waals surface area contributed by atoms with Crippen LogP contribution in [0, 0.1) is 0 Å². The second-order valence-corrected chi connectivity index (χ2v) is 7.97. The third-order valence-corrected chi connectivity index (χ3v) is 5.31. The molecule has 1 saturated heterocycles. The fourth-order valence-corrected chi connectivity index (χ4v) is 3.85. The van der Waals surface area contributed by atoms with Gasteiger partial charge in [0.2, 0.25) is 0 Å². The molecule has 1 N–H and O–H groups in total. The monoisotopic (exact) mass is 402 g/mol. The quantitative estimate of drug-likeness (QED) is 0.656. The van der Waals surface area contributed by atoms with Crippen LogP contribution in [0.4, 0.5) is 0 Å². The summed E-state index contributed by atoms with van der Waals surface area (Å²) in [6.45, 7) is 4.69. The van der Waals surface area contributed by atoms with E-state index in [4.69, 9.17) is 13.9 Å². The number of aliphatic hydroxyl groups is 1. The predicted octanol–water partition coefficient (Wildman–Crippen LogP) is 3.54. The number of methoxy groups -OCH3 is 1. The van der Waals surface area contributed by atoms with Crippen LogP contribution in [0.1, 0.15) is 36.8 Å². The molecule has 0 amide bonds. The van der Waals surface area contributed by atoms with Crippen molar-refractivity contribution in [2.24, 2.45) is 0 Å². The van der Waals surface area contributed by atoms with Crippen molar-refractivity contribution in [3.63, 3.8) is 0 Å². The fourth-order valence-electron chi connectivity index (χ4n) is 3.85. The lowest BCUT2D eigenvalue weighted by molar-refractivity contribution is 0.0683. The molecule has 0 bridgehead atoms. The lowest BCUT2D eigenvalue weighted by atomic mass is 10.2. The minimum atomic E-state index is -0.501. The maximum Gasteiger partial charge on any atom is 0.161 e. The number of aliphatic hydroxyl groups excluding tert-OH is 1. The molecule has 6 heteroatoms. The molecule has 0 spiro atoms. The van der Waals surface area contributed by atoms with E-state index >= 15 is 0 Å². The largest absolute Gasteiger partial charge is 0.493 e. The Balaban J connectivity index is 1.50. The number of nitrogens with zero attached hydrogens (tertiary/aromatic N) is 2. The van der Waals surface area contributed by atoms with Gasteiger partial charge in [-0.3, -0.25) is 4.90 Å². The summed E-state index contributed by atoms with van der Waals surface area (Å²) in [4.78, 5) is 4.56. The molecule has 0 aliphatic carbocycles. The number of hydrogen-bond acceptors (Lipinski definition) is 6. The van der Waals surface area contributed by atoms with Gasteiger partial charge < -0.3 is 23.9 Å². The van der Waals surface area contributed by atoms with Gasteiger partial charge in [0.15, 0.2) is 11.5 Å². The van der Waals surface area contributed by atoms with Crippen LogP contribution in [0.25, 0.3) is 0 Å². The van der Waals surface area contributed by atoms with E-state index in [9.17, 15) is 5.11 Å². The molecule has 6 nitrogen and oxygen atoms in total. The third kappa shape index (κ3) is 7.07. The minimum absolute atomic E-state index is 0.270. The van der Waals surface area contributed by atoms with Crippen LogP contribution in [-0.2, 0) is 13.1 Å². The van der Waals surface area contributed by atoms with Gasteiger partial charge in [0, 0.05) is 25.2 Å². The van der Waals surface area contributed by atoms with Gasteiger partial charge in [-0.15, -0.1) is 0 Å². The lowest BCUT2D eigenvalue weighted by Gasteiger charge is -2.23. The molecule has 2 aromatic rings. The number of β-amino-alcohol motifs (C(OH)–C–C–N with tert-alkyl or cyclic N) is 1. The Bertz CT molecular complexity index is 712. The summed E-state index contributed by atoms with van der Waals surface area (Å²) < 4.78 is 16.5. The van der Waals surface area contributed by atoms with Crippen molar-refractivity contribution in [2.45, 2.75) is 44.9 Å². The van der Waals surface area contributed by atoms with Crippen molar-refractivity contribution in [1.82, 2.24) is 9.80 Å². The van der Waals surface area contributed by atoms with E-state index in [1.54, 1.807) is 19.6 Å². The van der Waals surface area contributed by atoms with E-state index in [1.165, 1.54) is 25.7 Å². The van der Waals surface area contributed by atoms with E-state index in [2.05, 4.69) is 16.8 Å². The summed E-state index contributed by atoms with van der Waals surface area (Å²) in [5, 5.41) is 10.4. The molecule has 2 heterocycles. The molecule has 1 atom stereocenters. The van der Waals surface area contributed by atoms with Gasteiger partial charge in [-0.2, -0.15) is 0 Å². The highest BCUT2D eigenvalue weighted by Crippen LogP contribution is 2.29. The van der Waals surface area contributed by atoms with E-state index in [1.807, 2.05) is 24.3 Å². The van der Waals surface area contributed by atoms with Crippen LogP contribution in [0.2, 0.25) is 0 Å². The zero-order valence-corrected chi connectivity index (χ0v) is 17.7. The minimum Gasteiger partial charge on any atom is -0.493 e. The van der Waals surface area contributed by atoms with Gasteiger partial charge in [0.05, 0.1) is 19.6 Å². The summed E-state index contributed by atoms with van der Waals surface area (Å²) >= 11 is 0. The Labute approximate surface area is 174 Å². The molecular weight excluding hydrogens is 368 g/mol. The SMILES string of the molecule is COc1cc(CN(C)Cc2ccoc2)ccc1OC[C@@H](O)CN1CCCCCC1. The van der Waals surface area contributed by atoms with Crippen molar-refractivity contribution in [2.75, 3.05) is 40.4 Å². The average molecular weight is 403 g/mol. The fraction of sp³-hybridized carbons (Fsp3) is 0.565.